The number of nitrogens with zero attached hydrogens (tertiary/aromatic N) is 4. The van der Waals surface area contributed by atoms with E-state index >= 15 is 0 Å². The summed E-state index contributed by atoms with van der Waals surface area (Å²) < 4.78 is 0. The Balaban J connectivity index is 1.99. The summed E-state index contributed by atoms with van der Waals surface area (Å²) in [7, 11) is 0. The van der Waals surface area contributed by atoms with E-state index in [0.29, 0.717) is 36.1 Å². The van der Waals surface area contributed by atoms with E-state index in [1.807, 2.05) is 24.0 Å². The van der Waals surface area contributed by atoms with Gasteiger partial charge < -0.3 is 10.6 Å². The molecule has 1 aliphatic heterocycles. The number of hydrogen-bond donors (Lipinski definition) is 1. The van der Waals surface area contributed by atoms with Crippen LogP contribution in [0.25, 0.3) is 11.4 Å². The van der Waals surface area contributed by atoms with Crippen molar-refractivity contribution < 1.29 is 4.79 Å². The summed E-state index contributed by atoms with van der Waals surface area (Å²) in [5, 5.41) is 0. The van der Waals surface area contributed by atoms with E-state index in [4.69, 9.17) is 5.73 Å². The number of carbonyl (C=O) groups excluding carboxylic acids is 1. The lowest BCUT2D eigenvalue weighted by Crippen LogP contribution is -2.49. The van der Waals surface area contributed by atoms with E-state index in [-0.39, 0.29) is 11.9 Å². The van der Waals surface area contributed by atoms with Crippen LogP contribution in [-0.4, -0.2) is 44.9 Å². The van der Waals surface area contributed by atoms with Crippen molar-refractivity contribution in [3.63, 3.8) is 0 Å². The molecule has 0 aliphatic carbocycles. The fourth-order valence-electron chi connectivity index (χ4n) is 3.22. The minimum absolute atomic E-state index is 0.0631. The van der Waals surface area contributed by atoms with Gasteiger partial charge in [-0.3, -0.25) is 4.79 Å². The zero-order chi connectivity index (χ0) is 17.1. The maximum Gasteiger partial charge on any atom is 0.273 e. The van der Waals surface area contributed by atoms with E-state index in [9.17, 15) is 4.79 Å². The topological polar surface area (TPSA) is 85.0 Å². The summed E-state index contributed by atoms with van der Waals surface area (Å²) >= 11 is 0. The van der Waals surface area contributed by atoms with Crippen molar-refractivity contribution in [2.75, 3.05) is 13.1 Å². The summed E-state index contributed by atoms with van der Waals surface area (Å²) in [4.78, 5) is 28.1. The fraction of sp³-hybridized carbons (Fsp3) is 0.444. The van der Waals surface area contributed by atoms with Crippen LogP contribution in [-0.2, 0) is 0 Å². The van der Waals surface area contributed by atoms with Crippen molar-refractivity contribution in [2.24, 2.45) is 11.7 Å². The molecular formula is C18H23N5O. The second-order valence-electron chi connectivity index (χ2n) is 6.44. The normalized spacial score (nSPS) is 20.9. The predicted molar refractivity (Wildman–Crippen MR) is 92.3 cm³/mol. The first-order valence-electron chi connectivity index (χ1n) is 8.36. The number of hydrogen-bond acceptors (Lipinski definition) is 5. The Labute approximate surface area is 142 Å². The number of rotatable bonds is 3. The zero-order valence-electron chi connectivity index (χ0n) is 14.1. The molecule has 0 aromatic carbocycles. The Kier molecular flexibility index (Phi) is 4.85. The highest BCUT2D eigenvalue weighted by atomic mass is 16.2. The highest BCUT2D eigenvalue weighted by Gasteiger charge is 2.31. The molecule has 0 bridgehead atoms. The monoisotopic (exact) mass is 325 g/mol. The molecule has 0 spiro atoms. The Hall–Kier alpha value is -2.34. The molecule has 24 heavy (non-hydrogen) atoms. The van der Waals surface area contributed by atoms with Gasteiger partial charge in [-0.2, -0.15) is 0 Å². The molecule has 126 valence electrons. The van der Waals surface area contributed by atoms with Crippen LogP contribution >= 0.6 is 0 Å². The van der Waals surface area contributed by atoms with Gasteiger partial charge >= 0.3 is 0 Å². The molecule has 1 saturated heterocycles. The van der Waals surface area contributed by atoms with Crippen molar-refractivity contribution in [3.8, 4) is 11.4 Å². The predicted octanol–water partition coefficient (Wildman–Crippen LogP) is 2.05. The van der Waals surface area contributed by atoms with Gasteiger partial charge in [0.25, 0.3) is 5.91 Å². The molecule has 6 nitrogen and oxygen atoms in total. The molecule has 1 fully saturated rings. The van der Waals surface area contributed by atoms with Crippen LogP contribution in [0.5, 0.6) is 0 Å². The standard InChI is InChI=1S/C18H23N5O/c1-12-6-9-23(14(10-12)11-19)18(24)16-15(5-4-13(2)22-16)17-20-7-3-8-21-17/h3-5,7-8,12,14H,6,9-11,19H2,1-2H3/t12-,14?/m0/s1. The number of pyridine rings is 1. The van der Waals surface area contributed by atoms with Crippen molar-refractivity contribution in [1.82, 2.24) is 19.9 Å². The van der Waals surface area contributed by atoms with Gasteiger partial charge in [0.15, 0.2) is 5.82 Å². The van der Waals surface area contributed by atoms with Crippen LogP contribution in [0, 0.1) is 12.8 Å². The van der Waals surface area contributed by atoms with Crippen LogP contribution in [0.2, 0.25) is 0 Å². The van der Waals surface area contributed by atoms with Crippen LogP contribution in [0.4, 0.5) is 0 Å². The van der Waals surface area contributed by atoms with Gasteiger partial charge in [-0.05, 0) is 43.9 Å². The van der Waals surface area contributed by atoms with Gasteiger partial charge in [-0.15, -0.1) is 0 Å². The molecule has 2 atom stereocenters. The molecular weight excluding hydrogens is 302 g/mol. The molecule has 3 heterocycles. The Bertz CT molecular complexity index is 719. The highest BCUT2D eigenvalue weighted by Crippen LogP contribution is 2.26. The van der Waals surface area contributed by atoms with E-state index < -0.39 is 0 Å². The lowest BCUT2D eigenvalue weighted by Gasteiger charge is -2.38. The van der Waals surface area contributed by atoms with Gasteiger partial charge in [-0.25, -0.2) is 15.0 Å². The van der Waals surface area contributed by atoms with Crippen LogP contribution in [0.1, 0.15) is 35.9 Å². The Morgan fingerprint density at radius 3 is 2.79 bits per heavy atom. The van der Waals surface area contributed by atoms with Crippen LogP contribution in [0.15, 0.2) is 30.6 Å². The highest BCUT2D eigenvalue weighted by molar-refractivity contribution is 5.98. The molecule has 6 heteroatoms. The van der Waals surface area contributed by atoms with Crippen molar-refractivity contribution in [1.29, 1.82) is 0 Å². The molecule has 1 amide bonds. The van der Waals surface area contributed by atoms with Crippen molar-refractivity contribution >= 4 is 5.91 Å². The maximum absolute atomic E-state index is 13.2. The van der Waals surface area contributed by atoms with E-state index in [2.05, 4.69) is 21.9 Å². The first-order chi connectivity index (χ1) is 11.6. The first kappa shape index (κ1) is 16.5. The van der Waals surface area contributed by atoms with Crippen molar-refractivity contribution in [2.45, 2.75) is 32.7 Å². The average molecular weight is 325 g/mol. The number of amides is 1. The number of aromatic nitrogens is 3. The molecule has 0 saturated carbocycles. The largest absolute Gasteiger partial charge is 0.333 e. The summed E-state index contributed by atoms with van der Waals surface area (Å²) in [6, 6.07) is 5.56. The quantitative estimate of drug-likeness (QED) is 0.933. The van der Waals surface area contributed by atoms with Gasteiger partial charge in [0.2, 0.25) is 0 Å². The summed E-state index contributed by atoms with van der Waals surface area (Å²) in [5.74, 6) is 1.02. The molecule has 2 aromatic rings. The molecule has 2 N–H and O–H groups in total. The fourth-order valence-corrected chi connectivity index (χ4v) is 3.22. The molecule has 3 rings (SSSR count). The lowest BCUT2D eigenvalue weighted by molar-refractivity contribution is 0.0568. The third-order valence-electron chi connectivity index (χ3n) is 4.55. The average Bonchev–Trinajstić information content (AvgIpc) is 2.61. The summed E-state index contributed by atoms with van der Waals surface area (Å²) in [5.41, 5.74) is 7.79. The smallest absolute Gasteiger partial charge is 0.273 e. The van der Waals surface area contributed by atoms with Gasteiger partial charge in [0, 0.05) is 37.2 Å². The second-order valence-corrected chi connectivity index (χ2v) is 6.44. The van der Waals surface area contributed by atoms with Crippen LogP contribution < -0.4 is 5.73 Å². The minimum Gasteiger partial charge on any atom is -0.333 e. The maximum atomic E-state index is 13.2. The number of likely N-dealkylation sites (tertiary alicyclic amines) is 1. The van der Waals surface area contributed by atoms with Gasteiger partial charge in [-0.1, -0.05) is 6.92 Å². The Morgan fingerprint density at radius 2 is 2.08 bits per heavy atom. The Morgan fingerprint density at radius 1 is 1.33 bits per heavy atom. The first-order valence-corrected chi connectivity index (χ1v) is 8.36. The summed E-state index contributed by atoms with van der Waals surface area (Å²) in [6.07, 6.45) is 5.26. The SMILES string of the molecule is Cc1ccc(-c2ncccn2)c(C(=O)N2CC[C@H](C)CC2CN)n1. The van der Waals surface area contributed by atoms with Crippen molar-refractivity contribution in [3.05, 3.63) is 42.0 Å². The van der Waals surface area contributed by atoms with E-state index in [0.717, 1.165) is 18.5 Å². The van der Waals surface area contributed by atoms with Gasteiger partial charge in [0.1, 0.15) is 5.69 Å². The van der Waals surface area contributed by atoms with Gasteiger partial charge in [0.05, 0.1) is 5.56 Å². The number of nitrogens with two attached hydrogens (primary N) is 1. The summed E-state index contributed by atoms with van der Waals surface area (Å²) in [6.45, 7) is 5.27. The van der Waals surface area contributed by atoms with Crippen LogP contribution in [0.3, 0.4) is 0 Å². The third-order valence-corrected chi connectivity index (χ3v) is 4.55. The minimum atomic E-state index is -0.0801. The molecule has 1 aliphatic rings. The molecule has 0 radical (unpaired) electrons. The number of carbonyl (C=O) groups is 1. The number of piperidine rings is 1. The zero-order valence-corrected chi connectivity index (χ0v) is 14.1. The van der Waals surface area contributed by atoms with E-state index in [1.54, 1.807) is 18.5 Å². The third kappa shape index (κ3) is 3.28. The second kappa shape index (κ2) is 7.05. The lowest BCUT2D eigenvalue weighted by atomic mass is 9.92. The number of aryl methyl sites for hydroxylation is 1. The van der Waals surface area contributed by atoms with E-state index in [1.165, 1.54) is 0 Å². The molecule has 1 unspecified atom stereocenters. The molecule has 2 aromatic heterocycles.